The third-order valence-corrected chi connectivity index (χ3v) is 5.92. The highest BCUT2D eigenvalue weighted by Crippen LogP contribution is 2.41. The summed E-state index contributed by atoms with van der Waals surface area (Å²) in [4.78, 5) is 6.80. The molecule has 1 N–H and O–H groups in total. The molecule has 0 aliphatic carbocycles. The van der Waals surface area contributed by atoms with Crippen LogP contribution >= 0.6 is 23.8 Å². The van der Waals surface area contributed by atoms with E-state index in [0.29, 0.717) is 5.02 Å². The molecule has 4 nitrogen and oxygen atoms in total. The van der Waals surface area contributed by atoms with Gasteiger partial charge in [-0.25, -0.2) is 0 Å². The highest BCUT2D eigenvalue weighted by atomic mass is 35.5. The van der Waals surface area contributed by atoms with Gasteiger partial charge in [-0.1, -0.05) is 37.1 Å². The van der Waals surface area contributed by atoms with Crippen LogP contribution in [-0.4, -0.2) is 21.5 Å². The predicted molar refractivity (Wildman–Crippen MR) is 121 cm³/mol. The molecule has 0 saturated carbocycles. The molecule has 6 heteroatoms. The molecule has 2 aromatic heterocycles. The van der Waals surface area contributed by atoms with Crippen molar-refractivity contribution in [1.29, 1.82) is 0 Å². The maximum absolute atomic E-state index is 6.37. The number of thiocarbonyl (C=S) groups is 1. The van der Waals surface area contributed by atoms with Gasteiger partial charge in [0.05, 0.1) is 11.7 Å². The van der Waals surface area contributed by atoms with Crippen molar-refractivity contribution in [2.75, 3.05) is 6.54 Å². The van der Waals surface area contributed by atoms with Crippen molar-refractivity contribution in [3.05, 3.63) is 76.8 Å². The Balaban J connectivity index is 1.73. The monoisotopic (exact) mass is 425 g/mol. The van der Waals surface area contributed by atoms with E-state index in [1.807, 2.05) is 54.7 Å². The van der Waals surface area contributed by atoms with Crippen molar-refractivity contribution >= 4 is 28.9 Å². The molecule has 1 aliphatic rings. The minimum absolute atomic E-state index is 0.0443. The molecule has 4 rings (SSSR count). The number of hydrogen-bond donors (Lipinski definition) is 1. The quantitative estimate of drug-likeness (QED) is 0.485. The maximum Gasteiger partial charge on any atom is 0.170 e. The highest BCUT2D eigenvalue weighted by Gasteiger charge is 2.41. The fraction of sp³-hybridized carbons (Fsp3) is 0.304. The lowest BCUT2D eigenvalue weighted by Gasteiger charge is -2.25. The minimum atomic E-state index is -0.0555. The summed E-state index contributed by atoms with van der Waals surface area (Å²) in [6.07, 6.45) is 3.98. The topological polar surface area (TPSA) is 41.3 Å². The number of hydrogen-bond acceptors (Lipinski definition) is 3. The Kier molecular flexibility index (Phi) is 5.88. The van der Waals surface area contributed by atoms with Gasteiger partial charge in [0, 0.05) is 23.3 Å². The molecule has 1 fully saturated rings. The number of aromatic nitrogens is 1. The molecule has 0 spiro atoms. The third kappa shape index (κ3) is 4.02. The molecular formula is C23H24ClN3OS. The summed E-state index contributed by atoms with van der Waals surface area (Å²) < 4.78 is 6.37. The molecule has 150 valence electrons. The van der Waals surface area contributed by atoms with Crippen LogP contribution in [0.2, 0.25) is 5.02 Å². The van der Waals surface area contributed by atoms with Crippen LogP contribution in [0.5, 0.6) is 0 Å². The van der Waals surface area contributed by atoms with Gasteiger partial charge in [-0.2, -0.15) is 0 Å². The van der Waals surface area contributed by atoms with Crippen LogP contribution in [0.3, 0.4) is 0 Å². The lowest BCUT2D eigenvalue weighted by atomic mass is 10.0. The van der Waals surface area contributed by atoms with Crippen LogP contribution in [0.4, 0.5) is 0 Å². The van der Waals surface area contributed by atoms with Crippen LogP contribution in [0.1, 0.15) is 48.9 Å². The number of rotatable bonds is 6. The molecule has 29 heavy (non-hydrogen) atoms. The maximum atomic E-state index is 6.37. The SMILES string of the molecule is CCCCN1C(=S)N[C@@H](c2ccccn2)[C@@H]1c1ccc(-c2cc(Cl)ccc2C)o1. The average Bonchev–Trinajstić information content (AvgIpc) is 3.33. The van der Waals surface area contributed by atoms with E-state index in [4.69, 9.17) is 28.2 Å². The molecule has 3 heterocycles. The van der Waals surface area contributed by atoms with Gasteiger partial charge in [0.15, 0.2) is 5.11 Å². The number of furan rings is 1. The lowest BCUT2D eigenvalue weighted by molar-refractivity contribution is 0.271. The fourth-order valence-electron chi connectivity index (χ4n) is 3.80. The molecule has 0 radical (unpaired) electrons. The Morgan fingerprint density at radius 3 is 2.83 bits per heavy atom. The van der Waals surface area contributed by atoms with Crippen molar-refractivity contribution < 1.29 is 4.42 Å². The molecule has 1 aromatic carbocycles. The first kappa shape index (κ1) is 19.9. The van der Waals surface area contributed by atoms with Gasteiger partial charge < -0.3 is 14.6 Å². The summed E-state index contributed by atoms with van der Waals surface area (Å²) in [6, 6.07) is 15.8. The number of nitrogens with one attached hydrogen (secondary N) is 1. The van der Waals surface area contributed by atoms with Crippen LogP contribution in [0, 0.1) is 6.92 Å². The molecule has 0 amide bonds. The zero-order chi connectivity index (χ0) is 20.4. The van der Waals surface area contributed by atoms with Gasteiger partial charge in [0.2, 0.25) is 0 Å². The number of aryl methyl sites for hydroxylation is 1. The van der Waals surface area contributed by atoms with Crippen LogP contribution < -0.4 is 5.32 Å². The summed E-state index contributed by atoms with van der Waals surface area (Å²) in [5.74, 6) is 1.69. The van der Waals surface area contributed by atoms with E-state index < -0.39 is 0 Å². The van der Waals surface area contributed by atoms with Crippen molar-refractivity contribution in [2.24, 2.45) is 0 Å². The normalized spacial score (nSPS) is 18.9. The Morgan fingerprint density at radius 1 is 1.21 bits per heavy atom. The number of benzene rings is 1. The summed E-state index contributed by atoms with van der Waals surface area (Å²) in [6.45, 7) is 5.12. The second kappa shape index (κ2) is 8.56. The van der Waals surface area contributed by atoms with Crippen LogP contribution in [-0.2, 0) is 0 Å². The molecule has 1 saturated heterocycles. The Hall–Kier alpha value is -2.37. The smallest absolute Gasteiger partial charge is 0.170 e. The Morgan fingerprint density at radius 2 is 2.07 bits per heavy atom. The van der Waals surface area contributed by atoms with Crippen LogP contribution in [0.25, 0.3) is 11.3 Å². The van der Waals surface area contributed by atoms with E-state index in [2.05, 4.69) is 29.0 Å². The first-order chi connectivity index (χ1) is 14.1. The summed E-state index contributed by atoms with van der Waals surface area (Å²) in [7, 11) is 0. The summed E-state index contributed by atoms with van der Waals surface area (Å²) in [5.41, 5.74) is 3.09. The average molecular weight is 426 g/mol. The van der Waals surface area contributed by atoms with Gasteiger partial charge in [-0.05, 0) is 67.5 Å². The van der Waals surface area contributed by atoms with Gasteiger partial charge in [-0.3, -0.25) is 4.98 Å². The summed E-state index contributed by atoms with van der Waals surface area (Å²) in [5, 5.41) is 4.90. The highest BCUT2D eigenvalue weighted by molar-refractivity contribution is 7.80. The van der Waals surface area contributed by atoms with Crippen molar-refractivity contribution in [3.8, 4) is 11.3 Å². The van der Waals surface area contributed by atoms with Gasteiger partial charge in [0.25, 0.3) is 0 Å². The van der Waals surface area contributed by atoms with Gasteiger partial charge >= 0.3 is 0 Å². The molecule has 1 aliphatic heterocycles. The standard InChI is InChI=1S/C23H24ClN3OS/c1-3-4-13-27-22(21(26-23(27)29)18-7-5-6-12-25-18)20-11-10-19(28-20)17-14-16(24)9-8-15(17)2/h5-12,14,21-22H,3-4,13H2,1-2H3,(H,26,29)/t21-,22-/m0/s1. The molecular weight excluding hydrogens is 402 g/mol. The lowest BCUT2D eigenvalue weighted by Crippen LogP contribution is -2.30. The Labute approximate surface area is 181 Å². The van der Waals surface area contributed by atoms with E-state index in [0.717, 1.165) is 52.8 Å². The fourth-order valence-corrected chi connectivity index (χ4v) is 4.30. The molecule has 2 atom stereocenters. The molecule has 0 bridgehead atoms. The van der Waals surface area contributed by atoms with E-state index in [1.54, 1.807) is 0 Å². The van der Waals surface area contributed by atoms with E-state index in [-0.39, 0.29) is 12.1 Å². The first-order valence-corrected chi connectivity index (χ1v) is 10.7. The second-order valence-corrected chi connectivity index (χ2v) is 8.16. The number of unbranched alkanes of at least 4 members (excludes halogenated alkanes) is 1. The molecule has 0 unspecified atom stereocenters. The molecule has 3 aromatic rings. The van der Waals surface area contributed by atoms with E-state index >= 15 is 0 Å². The Bertz CT molecular complexity index is 1000. The van der Waals surface area contributed by atoms with E-state index in [9.17, 15) is 0 Å². The number of nitrogens with zero attached hydrogens (tertiary/aromatic N) is 2. The van der Waals surface area contributed by atoms with E-state index in [1.165, 1.54) is 0 Å². The first-order valence-electron chi connectivity index (χ1n) is 9.93. The van der Waals surface area contributed by atoms with Crippen LogP contribution in [0.15, 0.2) is 59.1 Å². The minimum Gasteiger partial charge on any atom is -0.459 e. The number of halogens is 1. The summed E-state index contributed by atoms with van der Waals surface area (Å²) >= 11 is 11.9. The van der Waals surface area contributed by atoms with Crippen molar-refractivity contribution in [2.45, 2.75) is 38.8 Å². The second-order valence-electron chi connectivity index (χ2n) is 7.33. The zero-order valence-corrected chi connectivity index (χ0v) is 18.1. The van der Waals surface area contributed by atoms with Gasteiger partial charge in [0.1, 0.15) is 17.6 Å². The van der Waals surface area contributed by atoms with Crippen molar-refractivity contribution in [3.63, 3.8) is 0 Å². The van der Waals surface area contributed by atoms with Gasteiger partial charge in [-0.15, -0.1) is 0 Å². The third-order valence-electron chi connectivity index (χ3n) is 5.33. The largest absolute Gasteiger partial charge is 0.459 e. The predicted octanol–water partition coefficient (Wildman–Crippen LogP) is 6.08. The zero-order valence-electron chi connectivity index (χ0n) is 16.6. The van der Waals surface area contributed by atoms with Crippen molar-refractivity contribution in [1.82, 2.24) is 15.2 Å². The number of pyridine rings is 1.